The van der Waals surface area contributed by atoms with Crippen molar-refractivity contribution in [1.29, 1.82) is 0 Å². The molecule has 13 heteroatoms. The van der Waals surface area contributed by atoms with Crippen LogP contribution in [0.4, 0.5) is 22.4 Å². The van der Waals surface area contributed by atoms with Gasteiger partial charge in [0, 0.05) is 22.6 Å². The van der Waals surface area contributed by atoms with E-state index in [1.165, 1.54) is 16.7 Å². The molecule has 0 radical (unpaired) electrons. The Kier molecular flexibility index (Phi) is 5.74. The molecule has 0 saturated carbocycles. The molecule has 210 valence electrons. The van der Waals surface area contributed by atoms with Crippen LogP contribution in [0.2, 0.25) is 0 Å². The van der Waals surface area contributed by atoms with Gasteiger partial charge in [-0.25, -0.2) is 19.0 Å². The lowest BCUT2D eigenvalue weighted by atomic mass is 9.81. The highest BCUT2D eigenvalue weighted by Crippen LogP contribution is 2.45. The third kappa shape index (κ3) is 3.78. The number of alkyl halides is 3. The minimum Gasteiger partial charge on any atom is -0.458 e. The molecule has 6 rings (SSSR count). The second-order valence-corrected chi connectivity index (χ2v) is 10.3. The van der Waals surface area contributed by atoms with Gasteiger partial charge in [0.15, 0.2) is 5.60 Å². The van der Waals surface area contributed by atoms with Crippen molar-refractivity contribution in [2.24, 2.45) is 0 Å². The summed E-state index contributed by atoms with van der Waals surface area (Å²) in [6.45, 7) is 1.40. The minimum absolute atomic E-state index is 0.0196. The van der Waals surface area contributed by atoms with Crippen LogP contribution < -0.4 is 16.2 Å². The molecule has 0 fully saturated rings. The van der Waals surface area contributed by atoms with Gasteiger partial charge < -0.3 is 25.0 Å². The molecule has 2 aliphatic heterocycles. The Morgan fingerprint density at radius 3 is 2.70 bits per heavy atom. The van der Waals surface area contributed by atoms with Crippen molar-refractivity contribution in [1.82, 2.24) is 20.2 Å². The number of pyridine rings is 2. The summed E-state index contributed by atoms with van der Waals surface area (Å²) in [5.41, 5.74) is 0.754. The van der Waals surface area contributed by atoms with Crippen LogP contribution >= 0.6 is 0 Å². The van der Waals surface area contributed by atoms with Gasteiger partial charge >= 0.3 is 18.2 Å². The summed E-state index contributed by atoms with van der Waals surface area (Å²) in [4.78, 5) is 43.2. The number of hydrogen-bond donors (Lipinski definition) is 3. The number of aromatic nitrogens is 2. The molecule has 1 aliphatic carbocycles. The van der Waals surface area contributed by atoms with Gasteiger partial charge in [0.2, 0.25) is 0 Å². The fraction of sp³-hybridized carbons (Fsp3) is 0.407. The molecule has 3 aromatic rings. The lowest BCUT2D eigenvalue weighted by Gasteiger charge is -2.31. The van der Waals surface area contributed by atoms with Crippen LogP contribution in [-0.4, -0.2) is 39.4 Å². The van der Waals surface area contributed by atoms with E-state index in [2.05, 4.69) is 5.32 Å². The molecule has 2 atom stereocenters. The second-order valence-electron chi connectivity index (χ2n) is 10.3. The highest BCUT2D eigenvalue weighted by molar-refractivity contribution is 5.93. The van der Waals surface area contributed by atoms with Crippen LogP contribution in [0.15, 0.2) is 16.9 Å². The number of amides is 2. The summed E-state index contributed by atoms with van der Waals surface area (Å²) >= 11 is 0. The topological polar surface area (TPSA) is 123 Å². The predicted molar refractivity (Wildman–Crippen MR) is 133 cm³/mol. The Bertz CT molecular complexity index is 1700. The van der Waals surface area contributed by atoms with Gasteiger partial charge in [0.05, 0.1) is 35.1 Å². The molecule has 40 heavy (non-hydrogen) atoms. The number of rotatable bonds is 3. The van der Waals surface area contributed by atoms with Crippen molar-refractivity contribution in [2.45, 2.75) is 64.1 Å². The minimum atomic E-state index is -4.59. The van der Waals surface area contributed by atoms with Crippen molar-refractivity contribution in [3.63, 3.8) is 0 Å². The van der Waals surface area contributed by atoms with Crippen LogP contribution in [0, 0.1) is 12.7 Å². The van der Waals surface area contributed by atoms with Crippen LogP contribution in [0.25, 0.3) is 22.3 Å². The molecule has 2 amide bonds. The van der Waals surface area contributed by atoms with E-state index in [1.54, 1.807) is 13.8 Å². The normalized spacial score (nSPS) is 21.0. The number of halogens is 4. The summed E-state index contributed by atoms with van der Waals surface area (Å²) in [5.74, 6) is -1.36. The lowest BCUT2D eigenvalue weighted by molar-refractivity contribution is -0.172. The molecule has 0 unspecified atom stereocenters. The molecule has 0 bridgehead atoms. The van der Waals surface area contributed by atoms with Crippen LogP contribution in [-0.2, 0) is 34.7 Å². The van der Waals surface area contributed by atoms with Crippen molar-refractivity contribution in [3.05, 3.63) is 61.7 Å². The van der Waals surface area contributed by atoms with Crippen LogP contribution in [0.5, 0.6) is 0 Å². The van der Waals surface area contributed by atoms with Crippen LogP contribution in [0.1, 0.15) is 59.2 Å². The highest BCUT2D eigenvalue weighted by atomic mass is 19.4. The first kappa shape index (κ1) is 26.2. The maximum atomic E-state index is 14.9. The van der Waals surface area contributed by atoms with Gasteiger partial charge in [-0.2, -0.15) is 13.2 Å². The van der Waals surface area contributed by atoms with E-state index >= 15 is 0 Å². The number of fused-ring (bicyclic) bond motifs is 5. The molecule has 3 aliphatic rings. The number of benzene rings is 1. The fourth-order valence-electron chi connectivity index (χ4n) is 6.09. The first-order valence-electron chi connectivity index (χ1n) is 12.8. The van der Waals surface area contributed by atoms with Gasteiger partial charge in [0.1, 0.15) is 19.0 Å². The van der Waals surface area contributed by atoms with E-state index in [-0.39, 0.29) is 42.6 Å². The molecule has 2 aromatic heterocycles. The van der Waals surface area contributed by atoms with E-state index in [0.717, 1.165) is 0 Å². The number of cyclic esters (lactones) is 1. The van der Waals surface area contributed by atoms with Crippen molar-refractivity contribution < 1.29 is 37.0 Å². The summed E-state index contributed by atoms with van der Waals surface area (Å²) in [7, 11) is 0. The second kappa shape index (κ2) is 8.75. The Morgan fingerprint density at radius 2 is 2.00 bits per heavy atom. The van der Waals surface area contributed by atoms with Crippen molar-refractivity contribution >= 4 is 22.9 Å². The highest BCUT2D eigenvalue weighted by Gasteiger charge is 2.46. The number of hydrogen-bond acceptors (Lipinski definition) is 6. The zero-order valence-electron chi connectivity index (χ0n) is 21.5. The molecule has 0 spiro atoms. The first-order valence-corrected chi connectivity index (χ1v) is 12.8. The SMILES string of the molecule is CC[C@@]1(O)C(=O)OCc2c1cc1n(c2=O)Cc2c-1nc1cc(F)c(C)c3c1c2[C@@H](NC(=O)NCC(F)(F)F)CC3. The lowest BCUT2D eigenvalue weighted by Crippen LogP contribution is -2.44. The Labute approximate surface area is 224 Å². The quantitative estimate of drug-likeness (QED) is 0.261. The average molecular weight is 561 g/mol. The van der Waals surface area contributed by atoms with Gasteiger partial charge in [-0.05, 0) is 48.9 Å². The number of carbonyl (C=O) groups is 2. The van der Waals surface area contributed by atoms with Crippen molar-refractivity contribution in [3.8, 4) is 11.4 Å². The largest absolute Gasteiger partial charge is 0.458 e. The number of nitrogens with one attached hydrogen (secondary N) is 2. The number of nitrogens with zero attached hydrogens (tertiary/aromatic N) is 2. The summed E-state index contributed by atoms with van der Waals surface area (Å²) < 4.78 is 59.5. The standard InChI is InChI=1S/C27H24F4N4O5/c1-3-26(39)15-6-19-22-13(8-35(19)23(36)14(15)9-40-24(26)37)21-17(34-25(38)32-10-27(29,30)31)5-4-12-11(2)16(28)7-18(33-22)20(12)21/h6-7,17,39H,3-5,8-10H2,1-2H3,(H2,32,34,38)/t17-,26-/m0/s1. The smallest absolute Gasteiger partial charge is 0.405 e. The van der Waals surface area contributed by atoms with Crippen LogP contribution in [0.3, 0.4) is 0 Å². The molecular weight excluding hydrogens is 536 g/mol. The summed E-state index contributed by atoms with van der Waals surface area (Å²) in [6.07, 6.45) is -4.01. The average Bonchev–Trinajstić information content (AvgIpc) is 3.27. The monoisotopic (exact) mass is 560 g/mol. The van der Waals surface area contributed by atoms with Gasteiger partial charge in [-0.3, -0.25) is 4.79 Å². The number of carbonyl (C=O) groups excluding carboxylic acids is 2. The maximum absolute atomic E-state index is 14.9. The number of ether oxygens (including phenoxy) is 1. The predicted octanol–water partition coefficient (Wildman–Crippen LogP) is 3.38. The fourth-order valence-corrected chi connectivity index (χ4v) is 6.09. The zero-order chi connectivity index (χ0) is 28.7. The van der Waals surface area contributed by atoms with Gasteiger partial charge in [0.25, 0.3) is 5.56 Å². The Morgan fingerprint density at radius 1 is 1.25 bits per heavy atom. The molecule has 3 N–H and O–H groups in total. The molecule has 0 saturated heterocycles. The summed E-state index contributed by atoms with van der Waals surface area (Å²) in [5, 5.41) is 16.1. The third-order valence-electron chi connectivity index (χ3n) is 8.13. The van der Waals surface area contributed by atoms with E-state index < -0.39 is 47.7 Å². The zero-order valence-corrected chi connectivity index (χ0v) is 21.5. The van der Waals surface area contributed by atoms with E-state index in [0.29, 0.717) is 45.4 Å². The molecule has 9 nitrogen and oxygen atoms in total. The van der Waals surface area contributed by atoms with E-state index in [4.69, 9.17) is 9.72 Å². The van der Waals surface area contributed by atoms with Gasteiger partial charge in [-0.1, -0.05) is 6.92 Å². The summed E-state index contributed by atoms with van der Waals surface area (Å²) in [6, 6.07) is 1.01. The molecule has 1 aromatic carbocycles. The Balaban J connectivity index is 1.55. The molecule has 4 heterocycles. The Hall–Kier alpha value is -4.00. The first-order chi connectivity index (χ1) is 18.8. The van der Waals surface area contributed by atoms with E-state index in [1.807, 2.05) is 5.32 Å². The molecular formula is C27H24F4N4O5. The number of aliphatic hydroxyl groups is 1. The third-order valence-corrected chi connectivity index (χ3v) is 8.13. The number of urea groups is 1. The number of esters is 1. The van der Waals surface area contributed by atoms with Gasteiger partial charge in [-0.15, -0.1) is 0 Å². The van der Waals surface area contributed by atoms with Crippen molar-refractivity contribution in [2.75, 3.05) is 6.54 Å². The maximum Gasteiger partial charge on any atom is 0.405 e. The number of aryl methyl sites for hydroxylation is 1. The van der Waals surface area contributed by atoms with E-state index in [9.17, 15) is 37.1 Å².